The standard InChI is InChI=1S/C20H23N5.C3H7F2N/c1-6-13(3)23-20-21-12-18(15(5)24-20)14(4)17-8-9-25-19(10-17)16(7-2)11-22-25;1-6-2-3(4)5/h7-13H,2,4,6H2,1,3,5H3,(H,21,23,24);3,6H,2H2,1H3. The zero-order valence-electron chi connectivity index (χ0n) is 18.5. The summed E-state index contributed by atoms with van der Waals surface area (Å²) >= 11 is 0. The van der Waals surface area contributed by atoms with Gasteiger partial charge in [-0.3, -0.25) is 0 Å². The maximum atomic E-state index is 11.0. The Hall–Kier alpha value is -3.13. The van der Waals surface area contributed by atoms with E-state index in [-0.39, 0.29) is 6.54 Å². The van der Waals surface area contributed by atoms with Gasteiger partial charge in [-0.05, 0) is 50.6 Å². The van der Waals surface area contributed by atoms with Crippen molar-refractivity contribution in [1.29, 1.82) is 0 Å². The summed E-state index contributed by atoms with van der Waals surface area (Å²) in [6.45, 7) is 14.1. The molecule has 0 amide bonds. The number of aromatic nitrogens is 4. The molecule has 3 heterocycles. The Bertz CT molecular complexity index is 1030. The fraction of sp³-hybridized carbons (Fsp3) is 0.348. The van der Waals surface area contributed by atoms with Crippen LogP contribution in [0.4, 0.5) is 14.7 Å². The van der Waals surface area contributed by atoms with Gasteiger partial charge in [0.15, 0.2) is 0 Å². The van der Waals surface area contributed by atoms with Crippen molar-refractivity contribution in [2.24, 2.45) is 0 Å². The molecule has 0 bridgehead atoms. The number of fused-ring (bicyclic) bond motifs is 1. The predicted molar refractivity (Wildman–Crippen MR) is 123 cm³/mol. The van der Waals surface area contributed by atoms with Crippen molar-refractivity contribution < 1.29 is 8.78 Å². The highest BCUT2D eigenvalue weighted by Crippen LogP contribution is 2.26. The zero-order chi connectivity index (χ0) is 23.0. The summed E-state index contributed by atoms with van der Waals surface area (Å²) in [5.74, 6) is 0.656. The number of alkyl halides is 2. The lowest BCUT2D eigenvalue weighted by molar-refractivity contribution is 0.149. The van der Waals surface area contributed by atoms with E-state index in [1.165, 1.54) is 7.05 Å². The Morgan fingerprint density at radius 1 is 1.32 bits per heavy atom. The Morgan fingerprint density at radius 3 is 2.61 bits per heavy atom. The molecule has 0 saturated carbocycles. The third-order valence-corrected chi connectivity index (χ3v) is 4.77. The normalized spacial score (nSPS) is 11.7. The lowest BCUT2D eigenvalue weighted by atomic mass is 10.00. The van der Waals surface area contributed by atoms with E-state index in [0.29, 0.717) is 12.0 Å². The van der Waals surface area contributed by atoms with Gasteiger partial charge in [0.1, 0.15) is 0 Å². The molecule has 166 valence electrons. The molecule has 0 spiro atoms. The van der Waals surface area contributed by atoms with Gasteiger partial charge in [-0.15, -0.1) is 0 Å². The van der Waals surface area contributed by atoms with E-state index in [1.54, 1.807) is 12.3 Å². The van der Waals surface area contributed by atoms with Crippen LogP contribution in [-0.2, 0) is 0 Å². The van der Waals surface area contributed by atoms with Crippen molar-refractivity contribution in [1.82, 2.24) is 24.9 Å². The maximum absolute atomic E-state index is 11.0. The quantitative estimate of drug-likeness (QED) is 0.539. The Balaban J connectivity index is 0.000000501. The van der Waals surface area contributed by atoms with Gasteiger partial charge in [-0.25, -0.2) is 23.3 Å². The van der Waals surface area contributed by atoms with Crippen LogP contribution in [0.15, 0.2) is 43.9 Å². The molecule has 0 saturated heterocycles. The van der Waals surface area contributed by atoms with Gasteiger partial charge in [-0.2, -0.15) is 5.10 Å². The third kappa shape index (κ3) is 6.42. The molecule has 0 aliphatic heterocycles. The lowest BCUT2D eigenvalue weighted by Crippen LogP contribution is -2.16. The number of hydrogen-bond donors (Lipinski definition) is 2. The molecule has 0 aromatic carbocycles. The molecule has 3 aromatic heterocycles. The fourth-order valence-corrected chi connectivity index (χ4v) is 2.81. The van der Waals surface area contributed by atoms with Crippen LogP contribution in [-0.4, -0.2) is 45.6 Å². The van der Waals surface area contributed by atoms with E-state index in [4.69, 9.17) is 0 Å². The number of hydrogen-bond acceptors (Lipinski definition) is 5. The number of nitrogens with one attached hydrogen (secondary N) is 2. The minimum absolute atomic E-state index is 0.208. The van der Waals surface area contributed by atoms with Crippen LogP contribution < -0.4 is 10.6 Å². The number of pyridine rings is 1. The molecule has 0 fully saturated rings. The summed E-state index contributed by atoms with van der Waals surface area (Å²) in [7, 11) is 1.49. The molecule has 2 N–H and O–H groups in total. The number of aryl methyl sites for hydroxylation is 1. The van der Waals surface area contributed by atoms with Gasteiger partial charge in [0.05, 0.1) is 24.0 Å². The van der Waals surface area contributed by atoms with Crippen LogP contribution in [0.3, 0.4) is 0 Å². The van der Waals surface area contributed by atoms with Gasteiger partial charge in [-0.1, -0.05) is 26.2 Å². The Morgan fingerprint density at radius 2 is 2.06 bits per heavy atom. The van der Waals surface area contributed by atoms with Gasteiger partial charge in [0.25, 0.3) is 6.43 Å². The van der Waals surface area contributed by atoms with E-state index in [2.05, 4.69) is 58.8 Å². The molecule has 8 heteroatoms. The highest BCUT2D eigenvalue weighted by molar-refractivity contribution is 5.82. The van der Waals surface area contributed by atoms with Crippen LogP contribution in [0.1, 0.15) is 42.7 Å². The van der Waals surface area contributed by atoms with Crippen LogP contribution in [0.2, 0.25) is 0 Å². The Labute approximate surface area is 182 Å². The molecule has 31 heavy (non-hydrogen) atoms. The molecule has 0 radical (unpaired) electrons. The molecule has 1 atom stereocenters. The number of rotatable bonds is 8. The van der Waals surface area contributed by atoms with Gasteiger partial charge in [0, 0.05) is 29.6 Å². The minimum atomic E-state index is -2.21. The monoisotopic (exact) mass is 428 g/mol. The van der Waals surface area contributed by atoms with Gasteiger partial charge in [0.2, 0.25) is 5.95 Å². The summed E-state index contributed by atoms with van der Waals surface area (Å²) in [4.78, 5) is 9.02. The van der Waals surface area contributed by atoms with Crippen molar-refractivity contribution in [2.75, 3.05) is 18.9 Å². The average molecular weight is 429 g/mol. The van der Waals surface area contributed by atoms with Crippen molar-refractivity contribution in [3.05, 3.63) is 66.3 Å². The SMILES string of the molecule is C=Cc1cnn2ccc(C(=C)c3cnc(NC(C)CC)nc3C)cc12.CNCC(F)F. The third-order valence-electron chi connectivity index (χ3n) is 4.77. The molecule has 3 aromatic rings. The number of nitrogens with zero attached hydrogens (tertiary/aromatic N) is 4. The molecular weight excluding hydrogens is 398 g/mol. The van der Waals surface area contributed by atoms with E-state index in [0.717, 1.165) is 39.9 Å². The second kappa shape index (κ2) is 11.3. The maximum Gasteiger partial charge on any atom is 0.250 e. The fourth-order valence-electron chi connectivity index (χ4n) is 2.81. The lowest BCUT2D eigenvalue weighted by Gasteiger charge is -2.14. The molecule has 6 nitrogen and oxygen atoms in total. The van der Waals surface area contributed by atoms with Crippen LogP contribution in [0.25, 0.3) is 17.2 Å². The van der Waals surface area contributed by atoms with Gasteiger partial charge >= 0.3 is 0 Å². The number of halogens is 2. The smallest absolute Gasteiger partial charge is 0.250 e. The van der Waals surface area contributed by atoms with E-state index < -0.39 is 6.43 Å². The highest BCUT2D eigenvalue weighted by Gasteiger charge is 2.11. The average Bonchev–Trinajstić information content (AvgIpc) is 3.16. The molecular formula is C23H30F2N6. The highest BCUT2D eigenvalue weighted by atomic mass is 19.3. The van der Waals surface area contributed by atoms with Crippen LogP contribution in [0, 0.1) is 6.92 Å². The van der Waals surface area contributed by atoms with Crippen molar-refractivity contribution in [2.45, 2.75) is 39.7 Å². The van der Waals surface area contributed by atoms with Crippen LogP contribution >= 0.6 is 0 Å². The minimum Gasteiger partial charge on any atom is -0.352 e. The predicted octanol–water partition coefficient (Wildman–Crippen LogP) is 4.82. The summed E-state index contributed by atoms with van der Waals surface area (Å²) < 4.78 is 23.8. The van der Waals surface area contributed by atoms with Crippen molar-refractivity contribution >= 4 is 23.1 Å². The zero-order valence-corrected chi connectivity index (χ0v) is 18.5. The second-order valence-electron chi connectivity index (χ2n) is 7.12. The molecule has 1 unspecified atom stereocenters. The Kier molecular flexibility index (Phi) is 8.81. The van der Waals surface area contributed by atoms with E-state index in [1.807, 2.05) is 29.9 Å². The first-order valence-electron chi connectivity index (χ1n) is 10.1. The summed E-state index contributed by atoms with van der Waals surface area (Å²) in [6, 6.07) is 4.41. The van der Waals surface area contributed by atoms with E-state index >= 15 is 0 Å². The first-order valence-corrected chi connectivity index (χ1v) is 10.1. The summed E-state index contributed by atoms with van der Waals surface area (Å²) in [6.07, 6.45) is 6.18. The summed E-state index contributed by atoms with van der Waals surface area (Å²) in [5, 5.41) is 9.93. The largest absolute Gasteiger partial charge is 0.352 e. The molecule has 3 rings (SSSR count). The first kappa shape index (κ1) is 24.1. The topological polar surface area (TPSA) is 67.1 Å². The summed E-state index contributed by atoms with van der Waals surface area (Å²) in [5.41, 5.74) is 5.76. The number of anilines is 1. The molecule has 0 aliphatic rings. The van der Waals surface area contributed by atoms with Crippen LogP contribution in [0.5, 0.6) is 0 Å². The second-order valence-corrected chi connectivity index (χ2v) is 7.12. The van der Waals surface area contributed by atoms with E-state index in [9.17, 15) is 8.78 Å². The molecule has 0 aliphatic carbocycles. The van der Waals surface area contributed by atoms with Crippen molar-refractivity contribution in [3.8, 4) is 0 Å². The van der Waals surface area contributed by atoms with Gasteiger partial charge < -0.3 is 10.6 Å². The van der Waals surface area contributed by atoms with Crippen molar-refractivity contribution in [3.63, 3.8) is 0 Å². The first-order chi connectivity index (χ1) is 14.8.